The van der Waals surface area contributed by atoms with Gasteiger partial charge in [-0.2, -0.15) is 0 Å². The summed E-state index contributed by atoms with van der Waals surface area (Å²) in [5.41, 5.74) is 10.7. The van der Waals surface area contributed by atoms with Crippen molar-refractivity contribution < 1.29 is 9.82 Å². The van der Waals surface area contributed by atoms with Gasteiger partial charge in [-0.1, -0.05) is 25.0 Å². The molecule has 1 amide bonds. The highest BCUT2D eigenvalue weighted by Gasteiger charge is 2.10. The van der Waals surface area contributed by atoms with Crippen LogP contribution in [0.1, 0.15) is 21.5 Å². The van der Waals surface area contributed by atoms with Crippen LogP contribution >= 0.6 is 0 Å². The average molecular weight is 307 g/mol. The molecule has 0 aliphatic carbocycles. The summed E-state index contributed by atoms with van der Waals surface area (Å²) in [4.78, 5) is 15.6. The number of aromatic nitrogens is 2. The smallest absolute Gasteiger partial charge is 0.320 e. The Hall–Kier alpha value is -2.60. The van der Waals surface area contributed by atoms with Crippen molar-refractivity contribution in [3.8, 4) is 0 Å². The summed E-state index contributed by atoms with van der Waals surface area (Å²) >= 11 is 0. The Labute approximate surface area is 134 Å². The molecule has 0 atom stereocenters. The molecule has 0 aliphatic heterocycles. The first-order valence-corrected chi connectivity index (χ1v) is 7.48. The van der Waals surface area contributed by atoms with Crippen LogP contribution in [0, 0.1) is 6.92 Å². The van der Waals surface area contributed by atoms with E-state index in [1.54, 1.807) is 25.3 Å². The second-order valence-corrected chi connectivity index (χ2v) is 5.80. The molecule has 3 rings (SSSR count). The lowest BCUT2D eigenvalue weighted by molar-refractivity contribution is 0.100. The summed E-state index contributed by atoms with van der Waals surface area (Å²) in [5, 5.41) is 9.65. The predicted octanol–water partition coefficient (Wildman–Crippen LogP) is 1.31. The molecule has 1 heterocycles. The summed E-state index contributed by atoms with van der Waals surface area (Å²) < 4.78 is 2.03. The number of amides is 1. The molecule has 23 heavy (non-hydrogen) atoms. The van der Waals surface area contributed by atoms with Gasteiger partial charge in [-0.15, -0.1) is 0 Å². The maximum Gasteiger partial charge on any atom is 0.320 e. The third kappa shape index (κ3) is 2.98. The molecule has 3 aromatic rings. The molecule has 116 valence electrons. The number of imidazole rings is 1. The second kappa shape index (κ2) is 5.89. The van der Waals surface area contributed by atoms with Crippen LogP contribution in [-0.4, -0.2) is 27.4 Å². The molecule has 5 nitrogen and oxygen atoms in total. The fraction of sp³-hybridized carbons (Fsp3) is 0.176. The van der Waals surface area contributed by atoms with Gasteiger partial charge in [-0.25, -0.2) is 4.98 Å². The third-order valence-corrected chi connectivity index (χ3v) is 4.10. The van der Waals surface area contributed by atoms with Crippen LogP contribution in [0.5, 0.6) is 0 Å². The zero-order chi connectivity index (χ0) is 16.6. The summed E-state index contributed by atoms with van der Waals surface area (Å²) in [7, 11) is 0. The Morgan fingerprint density at radius 3 is 2.74 bits per heavy atom. The van der Waals surface area contributed by atoms with Gasteiger partial charge in [0.2, 0.25) is 5.91 Å². The Bertz CT molecular complexity index is 887. The normalized spacial score (nSPS) is 10.9. The van der Waals surface area contributed by atoms with Gasteiger partial charge in [0, 0.05) is 12.1 Å². The van der Waals surface area contributed by atoms with Crippen LogP contribution in [0.25, 0.3) is 11.0 Å². The van der Waals surface area contributed by atoms with E-state index in [0.717, 1.165) is 27.6 Å². The van der Waals surface area contributed by atoms with E-state index in [0.29, 0.717) is 12.1 Å². The largest absolute Gasteiger partial charge is 0.447 e. The van der Waals surface area contributed by atoms with Crippen LogP contribution in [0.4, 0.5) is 0 Å². The topological polar surface area (TPSA) is 81.1 Å². The van der Waals surface area contributed by atoms with E-state index >= 15 is 0 Å². The van der Waals surface area contributed by atoms with Crippen LogP contribution in [0.3, 0.4) is 0 Å². The third-order valence-electron chi connectivity index (χ3n) is 4.10. The SMILES string of the molecule is CB(O)c1ccc(Cn2cnc3cc(C(N)=O)ccc32)c(C)c1. The van der Waals surface area contributed by atoms with E-state index in [1.165, 1.54) is 0 Å². The molecule has 6 heteroatoms. The van der Waals surface area contributed by atoms with Crippen molar-refractivity contribution in [2.24, 2.45) is 5.73 Å². The van der Waals surface area contributed by atoms with Gasteiger partial charge in [-0.3, -0.25) is 4.79 Å². The molecule has 3 N–H and O–H groups in total. The van der Waals surface area contributed by atoms with Gasteiger partial charge < -0.3 is 15.3 Å². The lowest BCUT2D eigenvalue weighted by Gasteiger charge is -2.10. The molecule has 1 aromatic heterocycles. The van der Waals surface area contributed by atoms with Crippen molar-refractivity contribution in [3.63, 3.8) is 0 Å². The second-order valence-electron chi connectivity index (χ2n) is 5.80. The van der Waals surface area contributed by atoms with Crippen molar-refractivity contribution in [1.82, 2.24) is 9.55 Å². The first-order valence-electron chi connectivity index (χ1n) is 7.48. The Morgan fingerprint density at radius 2 is 2.09 bits per heavy atom. The number of benzene rings is 2. The van der Waals surface area contributed by atoms with Gasteiger partial charge in [-0.05, 0) is 41.7 Å². The van der Waals surface area contributed by atoms with Crippen molar-refractivity contribution in [2.75, 3.05) is 0 Å². The zero-order valence-corrected chi connectivity index (χ0v) is 13.2. The van der Waals surface area contributed by atoms with Crippen LogP contribution < -0.4 is 11.2 Å². The standard InChI is InChI=1S/C17H18BN3O2/c1-11-7-14(18(2)23)5-3-13(11)9-21-10-20-15-8-12(17(19)22)4-6-16(15)21/h3-8,10,23H,9H2,1-2H3,(H2,19,22). The van der Waals surface area contributed by atoms with Crippen LogP contribution in [0.15, 0.2) is 42.7 Å². The highest BCUT2D eigenvalue weighted by atomic mass is 16.2. The Kier molecular flexibility index (Phi) is 3.92. The molecule has 2 aromatic carbocycles. The number of nitrogens with two attached hydrogens (primary N) is 1. The van der Waals surface area contributed by atoms with Crippen molar-refractivity contribution in [2.45, 2.75) is 20.3 Å². The predicted molar refractivity (Wildman–Crippen MR) is 92.0 cm³/mol. The van der Waals surface area contributed by atoms with E-state index in [9.17, 15) is 9.82 Å². The number of nitrogens with zero attached hydrogens (tertiary/aromatic N) is 2. The molecule has 0 bridgehead atoms. The first kappa shape index (κ1) is 15.3. The zero-order valence-electron chi connectivity index (χ0n) is 13.2. The lowest BCUT2D eigenvalue weighted by Crippen LogP contribution is -2.26. The molecular formula is C17H18BN3O2. The molecule has 0 radical (unpaired) electrons. The van der Waals surface area contributed by atoms with Gasteiger partial charge in [0.25, 0.3) is 0 Å². The number of aryl methyl sites for hydroxylation is 1. The molecule has 0 saturated carbocycles. The highest BCUT2D eigenvalue weighted by Crippen LogP contribution is 2.17. The number of primary amides is 1. The minimum Gasteiger partial charge on any atom is -0.447 e. The summed E-state index contributed by atoms with van der Waals surface area (Å²) in [6.45, 7) is 4.00. The number of carbonyl (C=O) groups excluding carboxylic acids is 1. The van der Waals surface area contributed by atoms with Crippen molar-refractivity contribution >= 4 is 29.3 Å². The molecule has 0 spiro atoms. The van der Waals surface area contributed by atoms with Gasteiger partial charge in [0.15, 0.2) is 0 Å². The van der Waals surface area contributed by atoms with E-state index in [4.69, 9.17) is 5.73 Å². The molecule has 0 unspecified atom stereocenters. The minimum atomic E-state index is -0.468. The number of hydrogen-bond acceptors (Lipinski definition) is 3. The number of carbonyl (C=O) groups is 1. The molecule has 0 aliphatic rings. The van der Waals surface area contributed by atoms with E-state index in [1.807, 2.05) is 35.8 Å². The van der Waals surface area contributed by atoms with Crippen LogP contribution in [0.2, 0.25) is 6.82 Å². The number of fused-ring (bicyclic) bond motifs is 1. The van der Waals surface area contributed by atoms with Gasteiger partial charge >= 0.3 is 6.92 Å². The maximum absolute atomic E-state index is 11.2. The molecule has 0 fully saturated rings. The Morgan fingerprint density at radius 1 is 1.30 bits per heavy atom. The number of hydrogen-bond donors (Lipinski definition) is 2. The average Bonchev–Trinajstić information content (AvgIpc) is 2.91. The summed E-state index contributed by atoms with van der Waals surface area (Å²) in [5.74, 6) is -0.453. The fourth-order valence-electron chi connectivity index (χ4n) is 2.68. The quantitative estimate of drug-likeness (QED) is 0.713. The van der Waals surface area contributed by atoms with E-state index in [2.05, 4.69) is 4.98 Å². The van der Waals surface area contributed by atoms with Crippen LogP contribution in [-0.2, 0) is 6.54 Å². The highest BCUT2D eigenvalue weighted by molar-refractivity contribution is 6.64. The minimum absolute atomic E-state index is 0.453. The molecule has 0 saturated heterocycles. The maximum atomic E-state index is 11.2. The molecular weight excluding hydrogens is 289 g/mol. The van der Waals surface area contributed by atoms with E-state index < -0.39 is 12.8 Å². The lowest BCUT2D eigenvalue weighted by atomic mass is 9.64. The summed E-state index contributed by atoms with van der Waals surface area (Å²) in [6, 6.07) is 11.3. The van der Waals surface area contributed by atoms with Crippen molar-refractivity contribution in [3.05, 3.63) is 59.4 Å². The number of rotatable bonds is 4. The van der Waals surface area contributed by atoms with Gasteiger partial charge in [0.05, 0.1) is 17.4 Å². The Balaban J connectivity index is 1.94. The fourth-order valence-corrected chi connectivity index (χ4v) is 2.68. The first-order chi connectivity index (χ1) is 11.0. The summed E-state index contributed by atoms with van der Waals surface area (Å²) in [6.07, 6.45) is 1.76. The van der Waals surface area contributed by atoms with Crippen molar-refractivity contribution in [1.29, 1.82) is 0 Å². The van der Waals surface area contributed by atoms with E-state index in [-0.39, 0.29) is 0 Å². The van der Waals surface area contributed by atoms with Gasteiger partial charge in [0.1, 0.15) is 0 Å². The monoisotopic (exact) mass is 307 g/mol.